The summed E-state index contributed by atoms with van der Waals surface area (Å²) < 4.78 is 1.05. The van der Waals surface area contributed by atoms with Crippen molar-refractivity contribution in [2.45, 2.75) is 12.5 Å². The van der Waals surface area contributed by atoms with Gasteiger partial charge in [-0.05, 0) is 18.6 Å². The number of hydrogen-bond donors (Lipinski definition) is 3. The fourth-order valence-corrected chi connectivity index (χ4v) is 3.11. The van der Waals surface area contributed by atoms with E-state index in [-0.39, 0.29) is 24.6 Å². The van der Waals surface area contributed by atoms with E-state index >= 15 is 0 Å². The second-order valence-corrected chi connectivity index (χ2v) is 5.79. The Labute approximate surface area is 120 Å². The summed E-state index contributed by atoms with van der Waals surface area (Å²) in [4.78, 5) is 16.2. The predicted octanol–water partition coefficient (Wildman–Crippen LogP) is 2.35. The number of nitrogens with one attached hydrogen (secondary N) is 2. The van der Waals surface area contributed by atoms with E-state index in [4.69, 9.17) is 5.11 Å². The van der Waals surface area contributed by atoms with Crippen LogP contribution in [-0.2, 0) is 0 Å². The number of benzene rings is 1. The normalized spacial score (nSPS) is 21.2. The number of urea groups is 1. The molecule has 0 radical (unpaired) electrons. The topological polar surface area (TPSA) is 74.2 Å². The van der Waals surface area contributed by atoms with Crippen molar-refractivity contribution in [2.24, 2.45) is 5.92 Å². The van der Waals surface area contributed by atoms with E-state index in [1.165, 1.54) is 11.3 Å². The van der Waals surface area contributed by atoms with Crippen LogP contribution in [0, 0.1) is 5.92 Å². The first-order valence-electron chi connectivity index (χ1n) is 6.47. The van der Waals surface area contributed by atoms with Crippen LogP contribution in [0.15, 0.2) is 36.4 Å². The molecule has 1 heterocycles. The number of fused-ring (bicyclic) bond motifs is 1. The van der Waals surface area contributed by atoms with Gasteiger partial charge in [-0.3, -0.25) is 5.32 Å². The number of para-hydroxylation sites is 1. The van der Waals surface area contributed by atoms with Gasteiger partial charge in [-0.15, -0.1) is 0 Å². The summed E-state index contributed by atoms with van der Waals surface area (Å²) in [6.45, 7) is 0.119. The van der Waals surface area contributed by atoms with Crippen molar-refractivity contribution in [3.8, 4) is 0 Å². The zero-order valence-corrected chi connectivity index (χ0v) is 11.6. The Hall–Kier alpha value is -1.92. The highest BCUT2D eigenvalue weighted by atomic mass is 32.1. The maximum Gasteiger partial charge on any atom is 0.321 e. The number of aliphatic hydroxyl groups is 1. The van der Waals surface area contributed by atoms with Crippen molar-refractivity contribution >= 4 is 32.7 Å². The summed E-state index contributed by atoms with van der Waals surface area (Å²) in [5.74, 6) is 0.141. The van der Waals surface area contributed by atoms with E-state index in [0.29, 0.717) is 5.13 Å². The second-order valence-electron chi connectivity index (χ2n) is 4.75. The molecule has 0 spiro atoms. The van der Waals surface area contributed by atoms with Crippen LogP contribution < -0.4 is 10.6 Å². The van der Waals surface area contributed by atoms with Crippen LogP contribution in [0.3, 0.4) is 0 Å². The maximum absolute atomic E-state index is 11.9. The van der Waals surface area contributed by atoms with Gasteiger partial charge in [0.1, 0.15) is 0 Å². The first-order chi connectivity index (χ1) is 9.74. The molecule has 1 aromatic carbocycles. The highest BCUT2D eigenvalue weighted by Crippen LogP contribution is 2.25. The third-order valence-electron chi connectivity index (χ3n) is 3.24. The van der Waals surface area contributed by atoms with E-state index in [0.717, 1.165) is 16.6 Å². The number of rotatable bonds is 3. The summed E-state index contributed by atoms with van der Waals surface area (Å²) in [7, 11) is 0. The third kappa shape index (κ3) is 2.81. The van der Waals surface area contributed by atoms with Gasteiger partial charge in [0, 0.05) is 18.6 Å². The lowest BCUT2D eigenvalue weighted by Gasteiger charge is -2.12. The minimum Gasteiger partial charge on any atom is -0.396 e. The molecule has 6 heteroatoms. The lowest BCUT2D eigenvalue weighted by atomic mass is 10.1. The predicted molar refractivity (Wildman–Crippen MR) is 79.9 cm³/mol. The van der Waals surface area contributed by atoms with Crippen LogP contribution in [0.2, 0.25) is 0 Å². The maximum atomic E-state index is 11.9. The molecule has 0 saturated carbocycles. The lowest BCUT2D eigenvalue weighted by Crippen LogP contribution is -2.36. The number of aliphatic hydroxyl groups excluding tert-OH is 1. The average Bonchev–Trinajstić information content (AvgIpc) is 3.04. The molecule has 0 saturated heterocycles. The molecule has 3 rings (SSSR count). The number of amides is 2. The molecule has 104 valence electrons. The van der Waals surface area contributed by atoms with Gasteiger partial charge in [0.25, 0.3) is 0 Å². The van der Waals surface area contributed by atoms with Crippen molar-refractivity contribution in [3.63, 3.8) is 0 Å². The highest BCUT2D eigenvalue weighted by Gasteiger charge is 2.20. The monoisotopic (exact) mass is 289 g/mol. The molecule has 1 aliphatic rings. The van der Waals surface area contributed by atoms with Crippen molar-refractivity contribution in [1.82, 2.24) is 10.3 Å². The molecule has 1 aromatic heterocycles. The van der Waals surface area contributed by atoms with Crippen molar-refractivity contribution in [3.05, 3.63) is 36.4 Å². The van der Waals surface area contributed by atoms with Gasteiger partial charge < -0.3 is 10.4 Å². The zero-order valence-electron chi connectivity index (χ0n) is 10.7. The number of anilines is 1. The molecule has 0 fully saturated rings. The molecule has 5 nitrogen and oxygen atoms in total. The van der Waals surface area contributed by atoms with E-state index in [9.17, 15) is 4.79 Å². The number of carbonyl (C=O) groups is 1. The van der Waals surface area contributed by atoms with E-state index in [2.05, 4.69) is 15.6 Å². The molecule has 20 heavy (non-hydrogen) atoms. The standard InChI is InChI=1S/C14H15N3O2S/c18-8-9-5-6-10(7-9)15-13(19)17-14-16-11-3-1-2-4-12(11)20-14/h1-6,9-10,18H,7-8H2,(H2,15,16,17,19)/t9-,10+/m0/s1. The van der Waals surface area contributed by atoms with Crippen LogP contribution in [0.4, 0.5) is 9.93 Å². The van der Waals surface area contributed by atoms with Gasteiger partial charge >= 0.3 is 6.03 Å². The molecule has 1 aliphatic carbocycles. The fourth-order valence-electron chi connectivity index (χ4n) is 2.24. The SMILES string of the molecule is O=C(Nc1nc2ccccc2s1)N[C@@H]1C=C[C@H](CO)C1. The molecular formula is C14H15N3O2S. The number of aromatic nitrogens is 1. The van der Waals surface area contributed by atoms with Gasteiger partial charge in [-0.25, -0.2) is 9.78 Å². The Balaban J connectivity index is 1.60. The number of thiazole rings is 1. The number of nitrogens with zero attached hydrogens (tertiary/aromatic N) is 1. The number of hydrogen-bond acceptors (Lipinski definition) is 4. The minimum absolute atomic E-state index is 0.0264. The molecule has 2 aromatic rings. The van der Waals surface area contributed by atoms with Crippen LogP contribution >= 0.6 is 11.3 Å². The van der Waals surface area contributed by atoms with Crippen molar-refractivity contribution < 1.29 is 9.90 Å². The van der Waals surface area contributed by atoms with E-state index < -0.39 is 0 Å². The molecule has 3 N–H and O–H groups in total. The Kier molecular flexibility index (Phi) is 3.66. The van der Waals surface area contributed by atoms with Gasteiger partial charge in [0.05, 0.1) is 10.2 Å². The highest BCUT2D eigenvalue weighted by molar-refractivity contribution is 7.22. The first-order valence-corrected chi connectivity index (χ1v) is 7.28. The van der Waals surface area contributed by atoms with Gasteiger partial charge in [0.15, 0.2) is 5.13 Å². The zero-order chi connectivity index (χ0) is 13.9. The quantitative estimate of drug-likeness (QED) is 0.759. The van der Waals surface area contributed by atoms with Crippen molar-refractivity contribution in [2.75, 3.05) is 11.9 Å². The third-order valence-corrected chi connectivity index (χ3v) is 4.19. The molecular weight excluding hydrogens is 274 g/mol. The smallest absolute Gasteiger partial charge is 0.321 e. The van der Waals surface area contributed by atoms with E-state index in [1.54, 1.807) is 0 Å². The minimum atomic E-state index is -0.266. The second kappa shape index (κ2) is 5.60. The summed E-state index contributed by atoms with van der Waals surface area (Å²) in [6.07, 6.45) is 4.59. The summed E-state index contributed by atoms with van der Waals surface area (Å²) >= 11 is 1.45. The van der Waals surface area contributed by atoms with Crippen LogP contribution in [-0.4, -0.2) is 28.8 Å². The molecule has 2 atom stereocenters. The van der Waals surface area contributed by atoms with Gasteiger partial charge in [0.2, 0.25) is 0 Å². The molecule has 0 unspecified atom stereocenters. The largest absolute Gasteiger partial charge is 0.396 e. The Bertz CT molecular complexity index is 620. The summed E-state index contributed by atoms with van der Waals surface area (Å²) in [5.41, 5.74) is 0.883. The summed E-state index contributed by atoms with van der Waals surface area (Å²) in [5, 5.41) is 15.2. The Morgan fingerprint density at radius 3 is 3.00 bits per heavy atom. The molecule has 0 aliphatic heterocycles. The van der Waals surface area contributed by atoms with Gasteiger partial charge in [-0.2, -0.15) is 0 Å². The molecule has 0 bridgehead atoms. The van der Waals surface area contributed by atoms with Crippen LogP contribution in [0.25, 0.3) is 10.2 Å². The first kappa shape index (κ1) is 13.1. The Morgan fingerprint density at radius 1 is 1.40 bits per heavy atom. The van der Waals surface area contributed by atoms with Crippen LogP contribution in [0.5, 0.6) is 0 Å². The van der Waals surface area contributed by atoms with Crippen molar-refractivity contribution in [1.29, 1.82) is 0 Å². The molecule has 2 amide bonds. The number of carbonyl (C=O) groups excluding carboxylic acids is 1. The Morgan fingerprint density at radius 2 is 2.25 bits per heavy atom. The average molecular weight is 289 g/mol. The lowest BCUT2D eigenvalue weighted by molar-refractivity contribution is 0.238. The fraction of sp³-hybridized carbons (Fsp3) is 0.286. The summed E-state index contributed by atoms with van der Waals surface area (Å²) in [6, 6.07) is 7.47. The van der Waals surface area contributed by atoms with Crippen LogP contribution in [0.1, 0.15) is 6.42 Å². The van der Waals surface area contributed by atoms with E-state index in [1.807, 2.05) is 36.4 Å². The van der Waals surface area contributed by atoms with Gasteiger partial charge in [-0.1, -0.05) is 35.6 Å².